The number of hydrogen-bond acceptors (Lipinski definition) is 1. The van der Waals surface area contributed by atoms with E-state index in [-0.39, 0.29) is 0 Å². The summed E-state index contributed by atoms with van der Waals surface area (Å²) >= 11 is 0. The Morgan fingerprint density at radius 3 is 2.62 bits per heavy atom. The highest BCUT2D eigenvalue weighted by Gasteiger charge is 2.33. The largest absolute Gasteiger partial charge is 0.396 e. The van der Waals surface area contributed by atoms with Gasteiger partial charge in [-0.2, -0.15) is 0 Å². The van der Waals surface area contributed by atoms with Crippen LogP contribution in [0.3, 0.4) is 0 Å². The van der Waals surface area contributed by atoms with E-state index in [4.69, 9.17) is 5.11 Å². The van der Waals surface area contributed by atoms with E-state index < -0.39 is 0 Å². The molecule has 0 saturated heterocycles. The topological polar surface area (TPSA) is 20.2 Å². The van der Waals surface area contributed by atoms with Crippen LogP contribution in [0.1, 0.15) is 26.2 Å². The molecule has 0 aliphatic heterocycles. The molecule has 48 valence electrons. The summed E-state index contributed by atoms with van der Waals surface area (Å²) in [4.78, 5) is 0. The van der Waals surface area contributed by atoms with Gasteiger partial charge in [0.15, 0.2) is 0 Å². The molecule has 0 amide bonds. The van der Waals surface area contributed by atoms with Crippen LogP contribution in [0.2, 0.25) is 0 Å². The zero-order chi connectivity index (χ0) is 5.98. The highest BCUT2D eigenvalue weighted by molar-refractivity contribution is 4.84. The van der Waals surface area contributed by atoms with Crippen molar-refractivity contribution in [2.75, 3.05) is 6.61 Å². The maximum absolute atomic E-state index is 8.49. The molecule has 0 spiro atoms. The maximum atomic E-state index is 8.49. The zero-order valence-corrected chi connectivity index (χ0v) is 5.43. The smallest absolute Gasteiger partial charge is 0.0433 e. The van der Waals surface area contributed by atoms with E-state index in [1.54, 1.807) is 0 Å². The number of aliphatic hydroxyl groups excluding tert-OH is 1. The van der Waals surface area contributed by atoms with Crippen molar-refractivity contribution in [2.45, 2.75) is 26.2 Å². The normalized spacial score (nSPS) is 35.2. The number of rotatable bonds is 3. The SMILES string of the molecule is CCC1CC1CCO. The standard InChI is InChI=1S/C7H14O/c1-2-6-5-7(6)3-4-8/h6-8H,2-5H2,1H3. The second-order valence-corrected chi connectivity index (χ2v) is 2.68. The number of aliphatic hydroxyl groups is 1. The fourth-order valence-corrected chi connectivity index (χ4v) is 1.33. The van der Waals surface area contributed by atoms with E-state index in [1.807, 2.05) is 0 Å². The molecule has 0 heterocycles. The van der Waals surface area contributed by atoms with Gasteiger partial charge in [-0.25, -0.2) is 0 Å². The van der Waals surface area contributed by atoms with E-state index in [0.717, 1.165) is 18.3 Å². The highest BCUT2D eigenvalue weighted by Crippen LogP contribution is 2.42. The molecule has 1 saturated carbocycles. The average Bonchev–Trinajstić information content (AvgIpc) is 2.48. The average molecular weight is 114 g/mol. The van der Waals surface area contributed by atoms with Crippen molar-refractivity contribution in [3.8, 4) is 0 Å². The van der Waals surface area contributed by atoms with Gasteiger partial charge >= 0.3 is 0 Å². The van der Waals surface area contributed by atoms with Gasteiger partial charge in [-0.1, -0.05) is 13.3 Å². The quantitative estimate of drug-likeness (QED) is 0.588. The van der Waals surface area contributed by atoms with E-state index in [0.29, 0.717) is 6.61 Å². The van der Waals surface area contributed by atoms with Gasteiger partial charge in [-0.15, -0.1) is 0 Å². The molecule has 0 aromatic rings. The molecule has 2 unspecified atom stereocenters. The van der Waals surface area contributed by atoms with Gasteiger partial charge in [-0.3, -0.25) is 0 Å². The third kappa shape index (κ3) is 1.22. The first-order valence-corrected chi connectivity index (χ1v) is 3.49. The monoisotopic (exact) mass is 114 g/mol. The van der Waals surface area contributed by atoms with Crippen LogP contribution in [0.5, 0.6) is 0 Å². The second-order valence-electron chi connectivity index (χ2n) is 2.68. The molecule has 0 radical (unpaired) electrons. The molecule has 1 aliphatic rings. The maximum Gasteiger partial charge on any atom is 0.0433 e. The molecule has 1 N–H and O–H groups in total. The molecule has 1 fully saturated rings. The van der Waals surface area contributed by atoms with Crippen LogP contribution in [-0.2, 0) is 0 Å². The Morgan fingerprint density at radius 1 is 1.50 bits per heavy atom. The Kier molecular flexibility index (Phi) is 1.90. The van der Waals surface area contributed by atoms with Crippen LogP contribution in [0.15, 0.2) is 0 Å². The van der Waals surface area contributed by atoms with E-state index >= 15 is 0 Å². The van der Waals surface area contributed by atoms with Gasteiger partial charge in [0.05, 0.1) is 0 Å². The van der Waals surface area contributed by atoms with Gasteiger partial charge in [-0.05, 0) is 24.7 Å². The first kappa shape index (κ1) is 6.09. The molecule has 0 bridgehead atoms. The van der Waals surface area contributed by atoms with Gasteiger partial charge in [0.1, 0.15) is 0 Å². The molecular formula is C7H14O. The van der Waals surface area contributed by atoms with Crippen LogP contribution in [0.4, 0.5) is 0 Å². The Morgan fingerprint density at radius 2 is 2.25 bits per heavy atom. The van der Waals surface area contributed by atoms with Gasteiger partial charge in [0.2, 0.25) is 0 Å². The highest BCUT2D eigenvalue weighted by atomic mass is 16.3. The van der Waals surface area contributed by atoms with E-state index in [1.165, 1.54) is 12.8 Å². The van der Waals surface area contributed by atoms with Gasteiger partial charge in [0, 0.05) is 6.61 Å². The fourth-order valence-electron chi connectivity index (χ4n) is 1.33. The lowest BCUT2D eigenvalue weighted by molar-refractivity contribution is 0.276. The van der Waals surface area contributed by atoms with Crippen molar-refractivity contribution in [3.05, 3.63) is 0 Å². The van der Waals surface area contributed by atoms with Gasteiger partial charge in [0.25, 0.3) is 0 Å². The van der Waals surface area contributed by atoms with Crippen molar-refractivity contribution in [2.24, 2.45) is 11.8 Å². The molecule has 0 aromatic heterocycles. The van der Waals surface area contributed by atoms with Crippen LogP contribution in [-0.4, -0.2) is 11.7 Å². The van der Waals surface area contributed by atoms with Crippen molar-refractivity contribution in [1.29, 1.82) is 0 Å². The van der Waals surface area contributed by atoms with Crippen molar-refractivity contribution in [3.63, 3.8) is 0 Å². The summed E-state index contributed by atoms with van der Waals surface area (Å²) in [6, 6.07) is 0. The molecule has 1 nitrogen and oxygen atoms in total. The lowest BCUT2D eigenvalue weighted by Crippen LogP contribution is -1.85. The summed E-state index contributed by atoms with van der Waals surface area (Å²) in [5.74, 6) is 1.84. The minimum Gasteiger partial charge on any atom is -0.396 e. The molecule has 1 aliphatic carbocycles. The Labute approximate surface area is 50.7 Å². The number of hydrogen-bond donors (Lipinski definition) is 1. The lowest BCUT2D eigenvalue weighted by Gasteiger charge is -1.89. The van der Waals surface area contributed by atoms with Crippen LogP contribution in [0.25, 0.3) is 0 Å². The fraction of sp³-hybridized carbons (Fsp3) is 1.00. The minimum absolute atomic E-state index is 0.390. The van der Waals surface area contributed by atoms with E-state index in [2.05, 4.69) is 6.92 Å². The van der Waals surface area contributed by atoms with Crippen LogP contribution < -0.4 is 0 Å². The third-order valence-electron chi connectivity index (χ3n) is 2.09. The van der Waals surface area contributed by atoms with Crippen molar-refractivity contribution >= 4 is 0 Å². The zero-order valence-electron chi connectivity index (χ0n) is 5.43. The third-order valence-corrected chi connectivity index (χ3v) is 2.09. The summed E-state index contributed by atoms with van der Waals surface area (Å²) in [5, 5.41) is 8.49. The molecular weight excluding hydrogens is 100 g/mol. The van der Waals surface area contributed by atoms with E-state index in [9.17, 15) is 0 Å². The predicted octanol–water partition coefficient (Wildman–Crippen LogP) is 1.41. The summed E-state index contributed by atoms with van der Waals surface area (Å²) in [5.41, 5.74) is 0. The Bertz CT molecular complexity index is 70.8. The minimum atomic E-state index is 0.390. The second kappa shape index (κ2) is 2.49. The summed E-state index contributed by atoms with van der Waals surface area (Å²) in [6.45, 7) is 2.61. The van der Waals surface area contributed by atoms with Crippen molar-refractivity contribution in [1.82, 2.24) is 0 Å². The molecule has 8 heavy (non-hydrogen) atoms. The van der Waals surface area contributed by atoms with Crippen molar-refractivity contribution < 1.29 is 5.11 Å². The lowest BCUT2D eigenvalue weighted by atomic mass is 10.2. The molecule has 1 heteroatoms. The van der Waals surface area contributed by atoms with Gasteiger partial charge < -0.3 is 5.11 Å². The first-order valence-electron chi connectivity index (χ1n) is 3.49. The molecule has 2 atom stereocenters. The van der Waals surface area contributed by atoms with Crippen LogP contribution >= 0.6 is 0 Å². The Hall–Kier alpha value is -0.0400. The van der Waals surface area contributed by atoms with Crippen LogP contribution in [0, 0.1) is 11.8 Å². The molecule has 1 rings (SSSR count). The summed E-state index contributed by atoms with van der Waals surface area (Å²) in [7, 11) is 0. The molecule has 0 aromatic carbocycles. The summed E-state index contributed by atoms with van der Waals surface area (Å²) < 4.78 is 0. The summed E-state index contributed by atoms with van der Waals surface area (Å²) in [6.07, 6.45) is 3.72. The Balaban J connectivity index is 1.99. The first-order chi connectivity index (χ1) is 3.88. The predicted molar refractivity (Wildman–Crippen MR) is 33.6 cm³/mol.